The van der Waals surface area contributed by atoms with Crippen LogP contribution >= 0.6 is 0 Å². The van der Waals surface area contributed by atoms with E-state index < -0.39 is 22.7 Å². The molecule has 0 aliphatic heterocycles. The van der Waals surface area contributed by atoms with E-state index in [0.29, 0.717) is 37.0 Å². The summed E-state index contributed by atoms with van der Waals surface area (Å²) in [5.74, 6) is -0.0476. The zero-order valence-electron chi connectivity index (χ0n) is 16.9. The van der Waals surface area contributed by atoms with Crippen molar-refractivity contribution >= 4 is 40.7 Å². The summed E-state index contributed by atoms with van der Waals surface area (Å²) < 4.78 is 16.4. The van der Waals surface area contributed by atoms with Gasteiger partial charge in [-0.3, -0.25) is 0 Å². The molecule has 3 aliphatic rings. The fourth-order valence-electron chi connectivity index (χ4n) is 4.89. The van der Waals surface area contributed by atoms with Crippen LogP contribution in [0.4, 0.5) is 0 Å². The van der Waals surface area contributed by atoms with Crippen molar-refractivity contribution in [3.05, 3.63) is 0 Å². The van der Waals surface area contributed by atoms with Crippen LogP contribution in [0, 0.1) is 17.8 Å². The number of hydrogen-bond donors (Lipinski definition) is 0. The molecule has 0 radical (unpaired) electrons. The zero-order valence-corrected chi connectivity index (χ0v) is 20.2. The number of rotatable bonds is 9. The van der Waals surface area contributed by atoms with E-state index in [4.69, 9.17) is 8.56 Å². The van der Waals surface area contributed by atoms with Gasteiger partial charge in [0.15, 0.2) is 0 Å². The van der Waals surface area contributed by atoms with Gasteiger partial charge < -0.3 is 0 Å². The molecule has 156 valence electrons. The topological polar surface area (TPSA) is 78.9 Å². The van der Waals surface area contributed by atoms with Crippen LogP contribution < -0.4 is 0 Å². The Balaban J connectivity index is 1.49. The van der Waals surface area contributed by atoms with Crippen molar-refractivity contribution in [3.8, 4) is 0 Å². The second-order valence-electron chi connectivity index (χ2n) is 8.82. The summed E-state index contributed by atoms with van der Waals surface area (Å²) in [6.07, 6.45) is 14.2. The van der Waals surface area contributed by atoms with Crippen molar-refractivity contribution in [2.75, 3.05) is 0 Å². The van der Waals surface area contributed by atoms with E-state index >= 15 is 0 Å². The first-order chi connectivity index (χ1) is 13.6. The third kappa shape index (κ3) is 7.60. The van der Waals surface area contributed by atoms with Crippen LogP contribution in [0.5, 0.6) is 0 Å². The summed E-state index contributed by atoms with van der Waals surface area (Å²) >= 11 is -3.95. The van der Waals surface area contributed by atoms with Crippen molar-refractivity contribution in [2.24, 2.45) is 17.8 Å². The molecule has 0 heterocycles. The summed E-state index contributed by atoms with van der Waals surface area (Å²) in [6.45, 7) is 0. The van der Waals surface area contributed by atoms with Gasteiger partial charge in [-0.1, -0.05) is 0 Å². The Morgan fingerprint density at radius 1 is 0.536 bits per heavy atom. The average Bonchev–Trinajstić information content (AvgIpc) is 3.37. The molecule has 0 spiro atoms. The van der Waals surface area contributed by atoms with Gasteiger partial charge in [-0.05, 0) is 0 Å². The Kier molecular flexibility index (Phi) is 9.00. The SMILES string of the molecule is O=C(CC1CCCC1)[O][In]([O]C(=O)CC1CCCC1)[O]C(=O)CC1CCCC1. The van der Waals surface area contributed by atoms with Crippen LogP contribution in [0.2, 0.25) is 0 Å². The van der Waals surface area contributed by atoms with Gasteiger partial charge in [0.1, 0.15) is 0 Å². The minimum atomic E-state index is -3.95. The molecular formula is C21H33InO6. The summed E-state index contributed by atoms with van der Waals surface area (Å²) in [5.41, 5.74) is 0. The summed E-state index contributed by atoms with van der Waals surface area (Å²) in [6, 6.07) is 0. The van der Waals surface area contributed by atoms with Gasteiger partial charge in [-0.25, -0.2) is 0 Å². The van der Waals surface area contributed by atoms with Crippen LogP contribution in [-0.4, -0.2) is 40.7 Å². The van der Waals surface area contributed by atoms with E-state index in [1.807, 2.05) is 0 Å². The maximum absolute atomic E-state index is 12.3. The minimum absolute atomic E-state index is 0.341. The Labute approximate surface area is 177 Å². The second kappa shape index (κ2) is 11.5. The van der Waals surface area contributed by atoms with E-state index in [1.165, 1.54) is 0 Å². The van der Waals surface area contributed by atoms with Crippen LogP contribution in [0.1, 0.15) is 96.3 Å². The van der Waals surface area contributed by atoms with Gasteiger partial charge in [-0.2, -0.15) is 0 Å². The summed E-state index contributed by atoms with van der Waals surface area (Å²) in [5, 5.41) is 0. The van der Waals surface area contributed by atoms with E-state index in [-0.39, 0.29) is 17.9 Å². The normalized spacial score (nSPS) is 21.0. The molecular weight excluding hydrogens is 463 g/mol. The molecule has 3 fully saturated rings. The number of carbonyl (C=O) groups is 3. The predicted octanol–water partition coefficient (Wildman–Crippen LogP) is 4.34. The van der Waals surface area contributed by atoms with Crippen molar-refractivity contribution in [1.29, 1.82) is 0 Å². The van der Waals surface area contributed by atoms with Gasteiger partial charge in [-0.15, -0.1) is 0 Å². The average molecular weight is 496 g/mol. The first-order valence-corrected chi connectivity index (χ1v) is 15.2. The third-order valence-electron chi connectivity index (χ3n) is 6.47. The molecule has 0 bridgehead atoms. The fraction of sp³-hybridized carbons (Fsp3) is 0.857. The molecule has 7 heteroatoms. The predicted molar refractivity (Wildman–Crippen MR) is 104 cm³/mol. The van der Waals surface area contributed by atoms with Gasteiger partial charge in [0.05, 0.1) is 0 Å². The summed E-state index contributed by atoms with van der Waals surface area (Å²) in [7, 11) is 0. The van der Waals surface area contributed by atoms with Crippen molar-refractivity contribution in [2.45, 2.75) is 96.3 Å². The van der Waals surface area contributed by atoms with E-state index in [9.17, 15) is 14.4 Å². The second-order valence-corrected chi connectivity index (χ2v) is 12.5. The van der Waals surface area contributed by atoms with Gasteiger partial charge in [0, 0.05) is 0 Å². The number of carbonyl (C=O) groups excluding carboxylic acids is 3. The Bertz CT molecular complexity index is 457. The molecule has 6 nitrogen and oxygen atoms in total. The first-order valence-electron chi connectivity index (χ1n) is 11.2. The molecule has 0 saturated heterocycles. The molecule has 0 amide bonds. The molecule has 0 aromatic heterocycles. The van der Waals surface area contributed by atoms with Crippen molar-refractivity contribution in [3.63, 3.8) is 0 Å². The standard InChI is InChI=1S/3C7H12O2.In/c3*8-7(9)5-6-3-1-2-4-6;/h3*6H,1-5H2,(H,8,9);/q;;;+3/p-3. The van der Waals surface area contributed by atoms with Crippen LogP contribution in [0.3, 0.4) is 0 Å². The molecule has 0 atom stereocenters. The molecule has 0 aromatic rings. The number of hydrogen-bond acceptors (Lipinski definition) is 6. The van der Waals surface area contributed by atoms with E-state index in [2.05, 4.69) is 0 Å². The quantitative estimate of drug-likeness (QED) is 0.473. The van der Waals surface area contributed by atoms with Crippen molar-refractivity contribution in [1.82, 2.24) is 0 Å². The Hall–Kier alpha value is -0.720. The molecule has 0 N–H and O–H groups in total. The van der Waals surface area contributed by atoms with Crippen LogP contribution in [0.25, 0.3) is 0 Å². The van der Waals surface area contributed by atoms with E-state index in [1.54, 1.807) is 0 Å². The molecule has 0 aromatic carbocycles. The Morgan fingerprint density at radius 2 is 0.786 bits per heavy atom. The van der Waals surface area contributed by atoms with Gasteiger partial charge in [0.25, 0.3) is 0 Å². The molecule has 3 aliphatic carbocycles. The van der Waals surface area contributed by atoms with Crippen LogP contribution in [0.15, 0.2) is 0 Å². The third-order valence-corrected chi connectivity index (χ3v) is 10.4. The molecule has 28 heavy (non-hydrogen) atoms. The van der Waals surface area contributed by atoms with Gasteiger partial charge >= 0.3 is 178 Å². The monoisotopic (exact) mass is 496 g/mol. The molecule has 0 unspecified atom stereocenters. The maximum atomic E-state index is 12.3. The zero-order chi connectivity index (χ0) is 19.8. The fourth-order valence-corrected chi connectivity index (χ4v) is 7.96. The van der Waals surface area contributed by atoms with Crippen LogP contribution in [-0.2, 0) is 22.9 Å². The summed E-state index contributed by atoms with van der Waals surface area (Å²) in [4.78, 5) is 36.9. The molecule has 3 rings (SSSR count). The van der Waals surface area contributed by atoms with E-state index in [0.717, 1.165) is 77.0 Å². The van der Waals surface area contributed by atoms with Gasteiger partial charge in [0.2, 0.25) is 0 Å². The van der Waals surface area contributed by atoms with Crippen molar-refractivity contribution < 1.29 is 22.9 Å². The first kappa shape index (κ1) is 22.0. The Morgan fingerprint density at radius 3 is 1.04 bits per heavy atom. The molecule has 3 saturated carbocycles.